The predicted octanol–water partition coefficient (Wildman–Crippen LogP) is 1.65. The van der Waals surface area contributed by atoms with Gasteiger partial charge in [-0.15, -0.1) is 0 Å². The molecule has 0 unspecified atom stereocenters. The number of likely N-dealkylation sites (tertiary alicyclic amines) is 1. The number of β-lactam (4-membered cyclic amide) rings is 1. The molecular formula is C21H23N3O7S. The SMILES string of the molecule is COC(=O)C(C)(C)N1C[C@@](Cc2ccccc2)(NS(=O)(=O)c2ccc([N+](=O)[O-])cc2)C1=O. The Labute approximate surface area is 185 Å². The first-order valence-electron chi connectivity index (χ1n) is 9.66. The molecule has 10 nitrogen and oxygen atoms in total. The molecule has 0 bridgehead atoms. The van der Waals surface area contributed by atoms with Gasteiger partial charge in [-0.3, -0.25) is 14.9 Å². The lowest BCUT2D eigenvalue weighted by Gasteiger charge is -2.54. The number of carbonyl (C=O) groups is 2. The third-order valence-corrected chi connectivity index (χ3v) is 7.03. The molecule has 0 aliphatic carbocycles. The second-order valence-electron chi connectivity index (χ2n) is 8.04. The van der Waals surface area contributed by atoms with Gasteiger partial charge in [0.1, 0.15) is 11.1 Å². The molecule has 0 radical (unpaired) electrons. The number of nitrogens with one attached hydrogen (secondary N) is 1. The van der Waals surface area contributed by atoms with E-state index >= 15 is 0 Å². The van der Waals surface area contributed by atoms with Crippen LogP contribution in [-0.4, -0.2) is 54.8 Å². The van der Waals surface area contributed by atoms with Crippen LogP contribution in [0.2, 0.25) is 0 Å². The molecule has 1 heterocycles. The Morgan fingerprint density at radius 1 is 1.19 bits per heavy atom. The number of hydrogen-bond donors (Lipinski definition) is 1. The van der Waals surface area contributed by atoms with Crippen LogP contribution in [0.25, 0.3) is 0 Å². The van der Waals surface area contributed by atoms with Crippen LogP contribution >= 0.6 is 0 Å². The van der Waals surface area contributed by atoms with Crippen LogP contribution in [0, 0.1) is 10.1 Å². The van der Waals surface area contributed by atoms with Gasteiger partial charge >= 0.3 is 5.97 Å². The molecule has 1 atom stereocenters. The van der Waals surface area contributed by atoms with Crippen LogP contribution in [0.15, 0.2) is 59.5 Å². The Bertz CT molecular complexity index is 1150. The molecule has 2 aromatic rings. The fraction of sp³-hybridized carbons (Fsp3) is 0.333. The summed E-state index contributed by atoms with van der Waals surface area (Å²) in [6, 6.07) is 13.2. The first-order valence-corrected chi connectivity index (χ1v) is 11.1. The first kappa shape index (κ1) is 23.4. The normalized spacial score (nSPS) is 18.7. The molecule has 2 aromatic carbocycles. The van der Waals surface area contributed by atoms with E-state index in [1.165, 1.54) is 25.9 Å². The molecule has 32 heavy (non-hydrogen) atoms. The van der Waals surface area contributed by atoms with Crippen LogP contribution < -0.4 is 4.72 Å². The second kappa shape index (κ2) is 8.32. The molecule has 11 heteroatoms. The zero-order valence-electron chi connectivity index (χ0n) is 17.8. The van der Waals surface area contributed by atoms with E-state index in [-0.39, 0.29) is 23.5 Å². The van der Waals surface area contributed by atoms with Gasteiger partial charge < -0.3 is 9.64 Å². The first-order chi connectivity index (χ1) is 14.9. The standard InChI is InChI=1S/C21H23N3O7S/c1-20(2,19(26)31-3)23-14-21(18(23)25,13-15-7-5-4-6-8-15)22-32(29,30)17-11-9-16(10-12-17)24(27)28/h4-12,22H,13-14H2,1-3H3/t21-/m1/s1. The minimum absolute atomic E-state index is 0.0605. The van der Waals surface area contributed by atoms with Crippen molar-refractivity contribution in [3.8, 4) is 0 Å². The van der Waals surface area contributed by atoms with Crippen molar-refractivity contribution in [3.63, 3.8) is 0 Å². The van der Waals surface area contributed by atoms with Crippen molar-refractivity contribution < 1.29 is 27.7 Å². The van der Waals surface area contributed by atoms with E-state index in [4.69, 9.17) is 4.74 Å². The number of ether oxygens (including phenoxy) is 1. The van der Waals surface area contributed by atoms with E-state index in [2.05, 4.69) is 4.72 Å². The summed E-state index contributed by atoms with van der Waals surface area (Å²) in [5.74, 6) is -1.19. The van der Waals surface area contributed by atoms with Gasteiger partial charge in [0, 0.05) is 18.6 Å². The van der Waals surface area contributed by atoms with Gasteiger partial charge in [-0.1, -0.05) is 30.3 Å². The smallest absolute Gasteiger partial charge is 0.331 e. The highest BCUT2D eigenvalue weighted by atomic mass is 32.2. The van der Waals surface area contributed by atoms with E-state index in [9.17, 15) is 28.1 Å². The summed E-state index contributed by atoms with van der Waals surface area (Å²) >= 11 is 0. The zero-order chi connectivity index (χ0) is 23.7. The largest absolute Gasteiger partial charge is 0.467 e. The number of nitro benzene ring substituents is 1. The van der Waals surface area contributed by atoms with Crippen molar-refractivity contribution >= 4 is 27.6 Å². The van der Waals surface area contributed by atoms with Crippen molar-refractivity contribution in [3.05, 3.63) is 70.3 Å². The van der Waals surface area contributed by atoms with Crippen molar-refractivity contribution in [2.75, 3.05) is 13.7 Å². The third kappa shape index (κ3) is 4.21. The van der Waals surface area contributed by atoms with E-state index < -0.39 is 37.9 Å². The van der Waals surface area contributed by atoms with Crippen LogP contribution in [0.4, 0.5) is 5.69 Å². The molecule has 1 fully saturated rings. The summed E-state index contributed by atoms with van der Waals surface area (Å²) in [5, 5.41) is 10.9. The number of methoxy groups -OCH3 is 1. The summed E-state index contributed by atoms with van der Waals surface area (Å²) in [4.78, 5) is 36.7. The maximum absolute atomic E-state index is 13.3. The summed E-state index contributed by atoms with van der Waals surface area (Å²) in [6.07, 6.45) is 0.0621. The molecule has 0 spiro atoms. The molecule has 1 saturated heterocycles. The number of nitrogens with zero attached hydrogens (tertiary/aromatic N) is 2. The molecule has 1 aliphatic heterocycles. The fourth-order valence-electron chi connectivity index (χ4n) is 3.64. The quantitative estimate of drug-likeness (QED) is 0.273. The van der Waals surface area contributed by atoms with Crippen LogP contribution in [0.5, 0.6) is 0 Å². The number of nitro groups is 1. The second-order valence-corrected chi connectivity index (χ2v) is 9.73. The molecule has 1 aliphatic rings. The zero-order valence-corrected chi connectivity index (χ0v) is 18.6. The van der Waals surface area contributed by atoms with Crippen molar-refractivity contribution in [1.82, 2.24) is 9.62 Å². The molecule has 1 amide bonds. The van der Waals surface area contributed by atoms with Crippen molar-refractivity contribution in [2.45, 2.75) is 36.2 Å². The number of carbonyl (C=O) groups excluding carboxylic acids is 2. The predicted molar refractivity (Wildman–Crippen MR) is 114 cm³/mol. The molecule has 170 valence electrons. The van der Waals surface area contributed by atoms with Gasteiger partial charge in [-0.25, -0.2) is 13.2 Å². The number of amides is 1. The minimum atomic E-state index is -4.21. The van der Waals surface area contributed by atoms with Gasteiger partial charge in [0.25, 0.3) is 5.69 Å². The van der Waals surface area contributed by atoms with Gasteiger partial charge in [0.2, 0.25) is 15.9 Å². The monoisotopic (exact) mass is 461 g/mol. The average molecular weight is 461 g/mol. The minimum Gasteiger partial charge on any atom is -0.467 e. The number of sulfonamides is 1. The number of benzene rings is 2. The molecule has 0 saturated carbocycles. The Hall–Kier alpha value is -3.31. The van der Waals surface area contributed by atoms with Crippen LogP contribution in [0.3, 0.4) is 0 Å². The van der Waals surface area contributed by atoms with E-state index in [1.54, 1.807) is 30.3 Å². The van der Waals surface area contributed by atoms with Crippen LogP contribution in [-0.2, 0) is 30.8 Å². The third-order valence-electron chi connectivity index (χ3n) is 5.48. The highest BCUT2D eigenvalue weighted by molar-refractivity contribution is 7.89. The van der Waals surface area contributed by atoms with Crippen LogP contribution in [0.1, 0.15) is 19.4 Å². The maximum Gasteiger partial charge on any atom is 0.331 e. The summed E-state index contributed by atoms with van der Waals surface area (Å²) in [6.45, 7) is 2.98. The average Bonchev–Trinajstić information content (AvgIpc) is 2.76. The number of hydrogen-bond acceptors (Lipinski definition) is 7. The number of rotatable bonds is 8. The lowest BCUT2D eigenvalue weighted by Crippen LogP contribution is -2.79. The summed E-state index contributed by atoms with van der Waals surface area (Å²) in [7, 11) is -2.99. The molecule has 1 N–H and O–H groups in total. The van der Waals surface area contributed by atoms with Crippen molar-refractivity contribution in [2.24, 2.45) is 0 Å². The van der Waals surface area contributed by atoms with E-state index in [0.717, 1.165) is 29.8 Å². The number of non-ortho nitro benzene ring substituents is 1. The molecule has 0 aromatic heterocycles. The Kier molecular flexibility index (Phi) is 6.07. The molecular weight excluding hydrogens is 438 g/mol. The Morgan fingerprint density at radius 2 is 1.78 bits per heavy atom. The topological polar surface area (TPSA) is 136 Å². The van der Waals surface area contributed by atoms with Gasteiger partial charge in [0.15, 0.2) is 0 Å². The van der Waals surface area contributed by atoms with E-state index in [0.29, 0.717) is 0 Å². The van der Waals surface area contributed by atoms with Crippen molar-refractivity contribution in [1.29, 1.82) is 0 Å². The van der Waals surface area contributed by atoms with E-state index in [1.807, 2.05) is 0 Å². The number of esters is 1. The van der Waals surface area contributed by atoms with Gasteiger partial charge in [0.05, 0.1) is 23.5 Å². The highest BCUT2D eigenvalue weighted by Gasteiger charge is 2.60. The fourth-order valence-corrected chi connectivity index (χ4v) is 4.99. The lowest BCUT2D eigenvalue weighted by molar-refractivity contribution is -0.384. The maximum atomic E-state index is 13.3. The highest BCUT2D eigenvalue weighted by Crippen LogP contribution is 2.35. The Morgan fingerprint density at radius 3 is 2.28 bits per heavy atom. The van der Waals surface area contributed by atoms with Gasteiger partial charge in [-0.2, -0.15) is 4.72 Å². The molecule has 3 rings (SSSR count). The summed E-state index contributed by atoms with van der Waals surface area (Å²) < 4.78 is 33.4. The van der Waals surface area contributed by atoms with Gasteiger partial charge in [-0.05, 0) is 31.5 Å². The summed E-state index contributed by atoms with van der Waals surface area (Å²) in [5.41, 5.74) is -2.34. The lowest BCUT2D eigenvalue weighted by atomic mass is 9.79. The Balaban J connectivity index is 1.95.